The van der Waals surface area contributed by atoms with Crippen LogP contribution in [0.15, 0.2) is 79.1 Å². The van der Waals surface area contributed by atoms with Gasteiger partial charge in [0.05, 0.1) is 19.7 Å². The number of carbonyl (C=O) groups excluding carboxylic acids is 1. The minimum Gasteiger partial charge on any atom is -0.497 e. The summed E-state index contributed by atoms with van der Waals surface area (Å²) in [5.41, 5.74) is 3.11. The summed E-state index contributed by atoms with van der Waals surface area (Å²) in [6, 6.07) is 20.5. The van der Waals surface area contributed by atoms with Crippen LogP contribution in [-0.2, 0) is 0 Å². The van der Waals surface area contributed by atoms with Crippen molar-refractivity contribution in [1.29, 1.82) is 0 Å². The monoisotopic (exact) mass is 411 g/mol. The Kier molecular flexibility index (Phi) is 5.89. The summed E-state index contributed by atoms with van der Waals surface area (Å²) in [6.45, 7) is 0. The predicted octanol–water partition coefficient (Wildman–Crippen LogP) is 5.29. The van der Waals surface area contributed by atoms with Gasteiger partial charge in [0.25, 0.3) is 0 Å². The van der Waals surface area contributed by atoms with Crippen LogP contribution >= 0.6 is 0 Å². The fourth-order valence-corrected chi connectivity index (χ4v) is 3.15. The number of ketones is 1. The lowest BCUT2D eigenvalue weighted by molar-refractivity contribution is 0.104. The maximum Gasteiger partial charge on any atom is 0.185 e. The second-order valence-corrected chi connectivity index (χ2v) is 6.79. The third-order valence-electron chi connectivity index (χ3n) is 4.78. The molecule has 0 fully saturated rings. The number of hydrogen-bond donors (Lipinski definition) is 1. The lowest BCUT2D eigenvalue weighted by Gasteiger charge is -2.08. The molecule has 6 nitrogen and oxygen atoms in total. The molecule has 1 aromatic heterocycles. The van der Waals surface area contributed by atoms with Crippen molar-refractivity contribution in [3.8, 4) is 11.5 Å². The molecule has 4 rings (SSSR count). The minimum atomic E-state index is -0.0965. The number of nitrogens with zero attached hydrogens (tertiary/aromatic N) is 2. The molecule has 0 aliphatic carbocycles. The first-order chi connectivity index (χ1) is 15.2. The second kappa shape index (κ2) is 9.09. The van der Waals surface area contributed by atoms with Crippen molar-refractivity contribution < 1.29 is 14.3 Å². The zero-order valence-corrected chi connectivity index (χ0v) is 17.2. The van der Waals surface area contributed by atoms with Gasteiger partial charge in [-0.1, -0.05) is 18.2 Å². The van der Waals surface area contributed by atoms with Crippen LogP contribution in [0.3, 0.4) is 0 Å². The molecule has 0 amide bonds. The number of benzene rings is 3. The third-order valence-corrected chi connectivity index (χ3v) is 4.78. The van der Waals surface area contributed by atoms with E-state index in [-0.39, 0.29) is 5.78 Å². The smallest absolute Gasteiger partial charge is 0.185 e. The third kappa shape index (κ3) is 4.70. The highest BCUT2D eigenvalue weighted by molar-refractivity contribution is 6.07. The van der Waals surface area contributed by atoms with Crippen LogP contribution in [0.4, 0.5) is 11.5 Å². The summed E-state index contributed by atoms with van der Waals surface area (Å²) in [5, 5.41) is 4.22. The van der Waals surface area contributed by atoms with Gasteiger partial charge in [-0.05, 0) is 60.2 Å². The topological polar surface area (TPSA) is 73.3 Å². The van der Waals surface area contributed by atoms with Gasteiger partial charge < -0.3 is 14.8 Å². The number of methoxy groups -OCH3 is 2. The fourth-order valence-electron chi connectivity index (χ4n) is 3.15. The molecule has 0 radical (unpaired) electrons. The Balaban J connectivity index is 1.49. The Morgan fingerprint density at radius 2 is 1.61 bits per heavy atom. The Bertz CT molecular complexity index is 1220. The summed E-state index contributed by atoms with van der Waals surface area (Å²) in [4.78, 5) is 21.2. The van der Waals surface area contributed by atoms with Crippen LogP contribution in [0.5, 0.6) is 11.5 Å². The summed E-state index contributed by atoms with van der Waals surface area (Å²) < 4.78 is 10.5. The molecule has 0 unspecified atom stereocenters. The molecule has 6 heteroatoms. The lowest BCUT2D eigenvalue weighted by atomic mass is 10.1. The number of carbonyl (C=O) groups is 1. The number of nitrogens with one attached hydrogen (secondary N) is 1. The molecule has 154 valence electrons. The van der Waals surface area contributed by atoms with E-state index in [0.29, 0.717) is 17.1 Å². The molecule has 3 aromatic carbocycles. The molecule has 1 N–H and O–H groups in total. The van der Waals surface area contributed by atoms with Gasteiger partial charge in [0.15, 0.2) is 5.78 Å². The van der Waals surface area contributed by atoms with Gasteiger partial charge in [0.2, 0.25) is 0 Å². The van der Waals surface area contributed by atoms with E-state index in [4.69, 9.17) is 9.47 Å². The molecule has 0 aliphatic heterocycles. The number of hydrogen-bond acceptors (Lipinski definition) is 6. The van der Waals surface area contributed by atoms with Crippen molar-refractivity contribution in [1.82, 2.24) is 9.97 Å². The van der Waals surface area contributed by atoms with Crippen molar-refractivity contribution in [3.63, 3.8) is 0 Å². The molecular formula is C25H21N3O3. The molecule has 0 aliphatic rings. The zero-order chi connectivity index (χ0) is 21.6. The first kappa shape index (κ1) is 20.1. The molecule has 1 heterocycles. The second-order valence-electron chi connectivity index (χ2n) is 6.79. The first-order valence-electron chi connectivity index (χ1n) is 9.68. The lowest BCUT2D eigenvalue weighted by Crippen LogP contribution is -1.98. The Labute approximate surface area is 180 Å². The van der Waals surface area contributed by atoms with Crippen LogP contribution in [0.1, 0.15) is 15.9 Å². The van der Waals surface area contributed by atoms with E-state index in [1.807, 2.05) is 48.5 Å². The zero-order valence-electron chi connectivity index (χ0n) is 17.2. The van der Waals surface area contributed by atoms with Crippen LogP contribution in [-0.4, -0.2) is 30.0 Å². The maximum atomic E-state index is 12.6. The summed E-state index contributed by atoms with van der Waals surface area (Å²) in [5.74, 6) is 1.95. The number of fused-ring (bicyclic) bond motifs is 1. The molecule has 0 atom stereocenters. The highest BCUT2D eigenvalue weighted by Gasteiger charge is 2.06. The van der Waals surface area contributed by atoms with Crippen molar-refractivity contribution in [2.24, 2.45) is 0 Å². The van der Waals surface area contributed by atoms with Crippen LogP contribution < -0.4 is 14.8 Å². The fraction of sp³-hybridized carbons (Fsp3) is 0.0800. The number of rotatable bonds is 7. The summed E-state index contributed by atoms with van der Waals surface area (Å²) >= 11 is 0. The SMILES string of the molecule is COc1cc(/C=C/C(=O)c2ccc(Nc3ncnc4ccccc34)cc2)cc(OC)c1. The molecule has 0 saturated carbocycles. The molecule has 31 heavy (non-hydrogen) atoms. The van der Waals surface area contributed by atoms with Crippen LogP contribution in [0.2, 0.25) is 0 Å². The Morgan fingerprint density at radius 3 is 2.32 bits per heavy atom. The summed E-state index contributed by atoms with van der Waals surface area (Å²) in [7, 11) is 3.18. The van der Waals surface area contributed by atoms with E-state index in [9.17, 15) is 4.79 Å². The van der Waals surface area contributed by atoms with Gasteiger partial charge in [0, 0.05) is 22.7 Å². The standard InChI is InChI=1S/C25H21N3O3/c1-30-20-13-17(14-21(15-20)31-2)7-12-24(29)18-8-10-19(11-9-18)28-25-22-5-3-4-6-23(22)26-16-27-25/h3-16H,1-2H3,(H,26,27,28)/b12-7+. The van der Waals surface area contributed by atoms with Gasteiger partial charge >= 0.3 is 0 Å². The van der Waals surface area contributed by atoms with Gasteiger partial charge in [-0.15, -0.1) is 0 Å². The van der Waals surface area contributed by atoms with E-state index in [1.54, 1.807) is 38.5 Å². The van der Waals surface area contributed by atoms with Crippen molar-refractivity contribution >= 4 is 34.3 Å². The molecule has 0 saturated heterocycles. The molecule has 0 spiro atoms. The Morgan fingerprint density at radius 1 is 0.903 bits per heavy atom. The largest absolute Gasteiger partial charge is 0.497 e. The van der Waals surface area contributed by atoms with Gasteiger partial charge in [0.1, 0.15) is 23.6 Å². The maximum absolute atomic E-state index is 12.6. The van der Waals surface area contributed by atoms with Gasteiger partial charge in [-0.3, -0.25) is 4.79 Å². The number of para-hydroxylation sites is 1. The molecule has 0 bridgehead atoms. The molecular weight excluding hydrogens is 390 g/mol. The van der Waals surface area contributed by atoms with Crippen LogP contribution in [0, 0.1) is 0 Å². The van der Waals surface area contributed by atoms with Gasteiger partial charge in [-0.2, -0.15) is 0 Å². The number of anilines is 2. The summed E-state index contributed by atoms with van der Waals surface area (Å²) in [6.07, 6.45) is 4.81. The van der Waals surface area contributed by atoms with E-state index in [2.05, 4.69) is 15.3 Å². The normalized spacial score (nSPS) is 10.9. The average molecular weight is 411 g/mol. The van der Waals surface area contributed by atoms with Crippen molar-refractivity contribution in [2.45, 2.75) is 0 Å². The quantitative estimate of drug-likeness (QED) is 0.329. The minimum absolute atomic E-state index is 0.0965. The number of aromatic nitrogens is 2. The number of ether oxygens (including phenoxy) is 2. The van der Waals surface area contributed by atoms with Crippen molar-refractivity contribution in [2.75, 3.05) is 19.5 Å². The van der Waals surface area contributed by atoms with E-state index < -0.39 is 0 Å². The molecule has 4 aromatic rings. The van der Waals surface area contributed by atoms with E-state index in [1.165, 1.54) is 12.4 Å². The van der Waals surface area contributed by atoms with Crippen molar-refractivity contribution in [3.05, 3.63) is 90.3 Å². The highest BCUT2D eigenvalue weighted by atomic mass is 16.5. The predicted molar refractivity (Wildman–Crippen MR) is 122 cm³/mol. The van der Waals surface area contributed by atoms with Gasteiger partial charge in [-0.25, -0.2) is 9.97 Å². The first-order valence-corrected chi connectivity index (χ1v) is 9.68. The van der Waals surface area contributed by atoms with E-state index >= 15 is 0 Å². The van der Waals surface area contributed by atoms with E-state index in [0.717, 1.165) is 28.0 Å². The Hall–Kier alpha value is -4.19. The highest BCUT2D eigenvalue weighted by Crippen LogP contribution is 2.24. The van der Waals surface area contributed by atoms with Crippen LogP contribution in [0.25, 0.3) is 17.0 Å². The number of allylic oxidation sites excluding steroid dienone is 1. The average Bonchev–Trinajstić information content (AvgIpc) is 2.83.